The SMILES string of the molecule is Cc1c2n(c3c(CC(C)C)cc(C#N)c(O)c13)CCCN=C2. The number of aryl methyl sites for hydroxylation is 2. The Bertz CT molecular complexity index is 806. The second-order valence-electron chi connectivity index (χ2n) is 6.42. The molecule has 1 N–H and O–H groups in total. The molecule has 0 atom stereocenters. The zero-order chi connectivity index (χ0) is 15.9. The predicted octanol–water partition coefficient (Wildman–Crippen LogP) is 3.55. The third kappa shape index (κ3) is 2.18. The number of phenols is 1. The molecule has 0 spiro atoms. The van der Waals surface area contributed by atoms with Gasteiger partial charge in [0.15, 0.2) is 0 Å². The summed E-state index contributed by atoms with van der Waals surface area (Å²) in [6.07, 6.45) is 3.80. The molecule has 22 heavy (non-hydrogen) atoms. The average Bonchev–Trinajstić information content (AvgIpc) is 2.65. The van der Waals surface area contributed by atoms with E-state index in [1.165, 1.54) is 0 Å². The molecular weight excluding hydrogens is 274 g/mol. The van der Waals surface area contributed by atoms with Crippen LogP contribution in [0.4, 0.5) is 0 Å². The van der Waals surface area contributed by atoms with Gasteiger partial charge in [0, 0.05) is 24.7 Å². The standard InChI is InChI=1S/C18H21N3O/c1-11(2)7-13-8-14(9-19)18(22)16-12(3)15-10-20-5-4-6-21(15)17(13)16/h8,10-11,22H,4-7H2,1-3H3. The first-order valence-corrected chi connectivity index (χ1v) is 7.82. The van der Waals surface area contributed by atoms with Gasteiger partial charge in [0.25, 0.3) is 0 Å². The minimum atomic E-state index is 0.108. The summed E-state index contributed by atoms with van der Waals surface area (Å²) in [7, 11) is 0. The lowest BCUT2D eigenvalue weighted by atomic mass is 9.96. The number of aromatic hydroxyl groups is 1. The second-order valence-corrected chi connectivity index (χ2v) is 6.42. The summed E-state index contributed by atoms with van der Waals surface area (Å²) in [6.45, 7) is 8.09. The van der Waals surface area contributed by atoms with Crippen molar-refractivity contribution in [3.8, 4) is 11.8 Å². The molecule has 0 fully saturated rings. The molecule has 0 saturated carbocycles. The number of nitriles is 1. The highest BCUT2D eigenvalue weighted by atomic mass is 16.3. The largest absolute Gasteiger partial charge is 0.506 e. The summed E-state index contributed by atoms with van der Waals surface area (Å²) >= 11 is 0. The van der Waals surface area contributed by atoms with Crippen molar-refractivity contribution in [1.82, 2.24) is 4.57 Å². The summed E-state index contributed by atoms with van der Waals surface area (Å²) in [5.41, 5.74) is 4.65. The fourth-order valence-electron chi connectivity index (χ4n) is 3.38. The van der Waals surface area contributed by atoms with E-state index in [0.717, 1.165) is 53.7 Å². The van der Waals surface area contributed by atoms with Crippen molar-refractivity contribution in [2.75, 3.05) is 6.54 Å². The van der Waals surface area contributed by atoms with E-state index in [1.807, 2.05) is 19.2 Å². The quantitative estimate of drug-likeness (QED) is 0.921. The van der Waals surface area contributed by atoms with Crippen molar-refractivity contribution in [2.45, 2.75) is 40.2 Å². The highest BCUT2D eigenvalue weighted by molar-refractivity contribution is 6.00. The van der Waals surface area contributed by atoms with Crippen LogP contribution in [0.5, 0.6) is 5.75 Å². The Morgan fingerprint density at radius 3 is 2.91 bits per heavy atom. The zero-order valence-electron chi connectivity index (χ0n) is 13.3. The first-order chi connectivity index (χ1) is 10.5. The fourth-order valence-corrected chi connectivity index (χ4v) is 3.38. The molecule has 4 nitrogen and oxygen atoms in total. The van der Waals surface area contributed by atoms with Crippen LogP contribution in [0.25, 0.3) is 10.9 Å². The number of benzene rings is 1. The van der Waals surface area contributed by atoms with Gasteiger partial charge in [0.2, 0.25) is 0 Å². The fraction of sp³-hybridized carbons (Fsp3) is 0.444. The highest BCUT2D eigenvalue weighted by Crippen LogP contribution is 2.38. The van der Waals surface area contributed by atoms with Crippen LogP contribution in [0.15, 0.2) is 11.1 Å². The van der Waals surface area contributed by atoms with Crippen LogP contribution in [0, 0.1) is 24.2 Å². The van der Waals surface area contributed by atoms with E-state index >= 15 is 0 Å². The normalized spacial score (nSPS) is 14.1. The van der Waals surface area contributed by atoms with Crippen LogP contribution in [0.1, 0.15) is 42.7 Å². The van der Waals surface area contributed by atoms with E-state index in [0.29, 0.717) is 11.5 Å². The number of aliphatic imine (C=N–C) groups is 1. The van der Waals surface area contributed by atoms with Gasteiger partial charge < -0.3 is 9.67 Å². The lowest BCUT2D eigenvalue weighted by Gasteiger charge is -2.13. The number of phenolic OH excluding ortho intramolecular Hbond substituents is 1. The Kier molecular flexibility index (Phi) is 3.66. The number of aromatic nitrogens is 1. The molecule has 3 rings (SSSR count). The zero-order valence-corrected chi connectivity index (χ0v) is 13.3. The van der Waals surface area contributed by atoms with Gasteiger partial charge in [-0.2, -0.15) is 5.26 Å². The molecule has 1 aromatic heterocycles. The predicted molar refractivity (Wildman–Crippen MR) is 88.7 cm³/mol. The molecule has 0 radical (unpaired) electrons. The molecule has 0 saturated heterocycles. The number of hydrogen-bond donors (Lipinski definition) is 1. The summed E-state index contributed by atoms with van der Waals surface area (Å²) < 4.78 is 2.26. The Morgan fingerprint density at radius 1 is 1.45 bits per heavy atom. The van der Waals surface area contributed by atoms with Crippen LogP contribution < -0.4 is 0 Å². The van der Waals surface area contributed by atoms with Crippen molar-refractivity contribution in [3.63, 3.8) is 0 Å². The molecule has 0 aliphatic carbocycles. The van der Waals surface area contributed by atoms with Gasteiger partial charge in [-0.15, -0.1) is 0 Å². The molecule has 1 aliphatic rings. The summed E-state index contributed by atoms with van der Waals surface area (Å²) in [6, 6.07) is 3.98. The van der Waals surface area contributed by atoms with Crippen molar-refractivity contribution < 1.29 is 5.11 Å². The van der Waals surface area contributed by atoms with Crippen LogP contribution in [0.2, 0.25) is 0 Å². The van der Waals surface area contributed by atoms with Crippen LogP contribution in [0.3, 0.4) is 0 Å². The smallest absolute Gasteiger partial charge is 0.143 e. The van der Waals surface area contributed by atoms with Crippen molar-refractivity contribution in [3.05, 3.63) is 28.5 Å². The van der Waals surface area contributed by atoms with Gasteiger partial charge in [-0.3, -0.25) is 4.99 Å². The van der Waals surface area contributed by atoms with Crippen molar-refractivity contribution in [1.29, 1.82) is 5.26 Å². The van der Waals surface area contributed by atoms with Gasteiger partial charge in [0.1, 0.15) is 11.8 Å². The minimum absolute atomic E-state index is 0.108. The minimum Gasteiger partial charge on any atom is -0.506 e. The van der Waals surface area contributed by atoms with Crippen LogP contribution in [-0.4, -0.2) is 22.4 Å². The maximum Gasteiger partial charge on any atom is 0.143 e. The summed E-state index contributed by atoms with van der Waals surface area (Å²) in [4.78, 5) is 4.44. The molecule has 1 aliphatic heterocycles. The summed E-state index contributed by atoms with van der Waals surface area (Å²) in [5.74, 6) is 0.599. The summed E-state index contributed by atoms with van der Waals surface area (Å²) in [5, 5.41) is 20.7. The van der Waals surface area contributed by atoms with E-state index < -0.39 is 0 Å². The molecule has 4 heteroatoms. The first-order valence-electron chi connectivity index (χ1n) is 7.82. The monoisotopic (exact) mass is 295 g/mol. The van der Waals surface area contributed by atoms with E-state index in [9.17, 15) is 10.4 Å². The molecule has 0 bridgehead atoms. The van der Waals surface area contributed by atoms with Gasteiger partial charge in [-0.1, -0.05) is 13.8 Å². The van der Waals surface area contributed by atoms with E-state index in [2.05, 4.69) is 29.5 Å². The topological polar surface area (TPSA) is 61.3 Å². The average molecular weight is 295 g/mol. The van der Waals surface area contributed by atoms with Gasteiger partial charge in [-0.05, 0) is 42.9 Å². The molecule has 0 unspecified atom stereocenters. The Morgan fingerprint density at radius 2 is 2.23 bits per heavy atom. The lowest BCUT2D eigenvalue weighted by Crippen LogP contribution is -2.05. The maximum absolute atomic E-state index is 10.5. The Hall–Kier alpha value is -2.28. The van der Waals surface area contributed by atoms with E-state index in [4.69, 9.17) is 0 Å². The number of hydrogen-bond acceptors (Lipinski definition) is 3. The van der Waals surface area contributed by atoms with Crippen molar-refractivity contribution in [2.24, 2.45) is 10.9 Å². The maximum atomic E-state index is 10.5. The van der Waals surface area contributed by atoms with E-state index in [1.54, 1.807) is 0 Å². The number of rotatable bonds is 2. The lowest BCUT2D eigenvalue weighted by molar-refractivity contribution is 0.479. The van der Waals surface area contributed by atoms with Crippen molar-refractivity contribution >= 4 is 17.1 Å². The third-order valence-corrected chi connectivity index (χ3v) is 4.30. The van der Waals surface area contributed by atoms with Crippen LogP contribution in [-0.2, 0) is 13.0 Å². The Labute approximate surface area is 130 Å². The number of nitrogens with zero attached hydrogens (tertiary/aromatic N) is 3. The highest BCUT2D eigenvalue weighted by Gasteiger charge is 2.22. The molecule has 2 aromatic rings. The van der Waals surface area contributed by atoms with Gasteiger partial charge in [0.05, 0.1) is 16.8 Å². The van der Waals surface area contributed by atoms with E-state index in [-0.39, 0.29) is 5.75 Å². The van der Waals surface area contributed by atoms with Crippen LogP contribution >= 0.6 is 0 Å². The molecular formula is C18H21N3O. The Balaban J connectivity index is 2.42. The first kappa shape index (κ1) is 14.6. The number of fused-ring (bicyclic) bond motifs is 3. The van der Waals surface area contributed by atoms with Gasteiger partial charge in [-0.25, -0.2) is 0 Å². The van der Waals surface area contributed by atoms with Gasteiger partial charge >= 0.3 is 0 Å². The molecule has 0 amide bonds. The molecule has 2 heterocycles. The second kappa shape index (κ2) is 5.49. The molecule has 114 valence electrons. The molecule has 1 aromatic carbocycles. The third-order valence-electron chi connectivity index (χ3n) is 4.30.